The van der Waals surface area contributed by atoms with Crippen LogP contribution in [-0.2, 0) is 11.4 Å². The minimum absolute atomic E-state index is 0.0987. The Hall–Kier alpha value is -4.41. The molecule has 0 fully saturated rings. The summed E-state index contributed by atoms with van der Waals surface area (Å²) in [5.74, 6) is 1.78. The van der Waals surface area contributed by atoms with Crippen molar-refractivity contribution >= 4 is 39.8 Å². The van der Waals surface area contributed by atoms with E-state index < -0.39 is 0 Å². The predicted molar refractivity (Wildman–Crippen MR) is 165 cm³/mol. The van der Waals surface area contributed by atoms with Gasteiger partial charge in [0.25, 0.3) is 5.91 Å². The Balaban J connectivity index is 1.26. The van der Waals surface area contributed by atoms with Crippen LogP contribution in [0.5, 0.6) is 11.5 Å². The van der Waals surface area contributed by atoms with Gasteiger partial charge >= 0.3 is 0 Å². The van der Waals surface area contributed by atoms with Gasteiger partial charge in [0.2, 0.25) is 0 Å². The van der Waals surface area contributed by atoms with Crippen molar-refractivity contribution in [2.24, 2.45) is 5.10 Å². The van der Waals surface area contributed by atoms with Crippen molar-refractivity contribution in [1.29, 1.82) is 0 Å². The highest BCUT2D eigenvalue weighted by atomic mass is 79.9. The van der Waals surface area contributed by atoms with E-state index in [-0.39, 0.29) is 11.7 Å². The summed E-state index contributed by atoms with van der Waals surface area (Å²) < 4.78 is 14.3. The Morgan fingerprint density at radius 1 is 0.976 bits per heavy atom. The number of thioether (sulfide) groups is 1. The van der Waals surface area contributed by atoms with Gasteiger partial charge in [-0.25, -0.2) is 5.43 Å². The summed E-state index contributed by atoms with van der Waals surface area (Å²) in [6, 6.07) is 33.0. The Morgan fingerprint density at radius 2 is 1.76 bits per heavy atom. The van der Waals surface area contributed by atoms with Crippen LogP contribution < -0.4 is 14.9 Å². The number of hydrazone groups is 1. The number of carbonyl (C=O) groups is 1. The second-order valence-corrected chi connectivity index (χ2v) is 10.6. The second-order valence-electron chi connectivity index (χ2n) is 8.75. The topological polar surface area (TPSA) is 90.6 Å². The molecule has 1 heterocycles. The van der Waals surface area contributed by atoms with E-state index >= 15 is 0 Å². The van der Waals surface area contributed by atoms with Crippen LogP contribution in [-0.4, -0.2) is 39.7 Å². The van der Waals surface area contributed by atoms with E-state index in [0.717, 1.165) is 21.3 Å². The molecule has 1 N–H and O–H groups in total. The number of nitrogens with zero attached hydrogens (tertiary/aromatic N) is 4. The molecule has 0 atom stereocenters. The first-order valence-corrected chi connectivity index (χ1v) is 14.4. The summed E-state index contributed by atoms with van der Waals surface area (Å²) in [6.45, 7) is 0.378. The van der Waals surface area contributed by atoms with Gasteiger partial charge in [0.05, 0.1) is 19.1 Å². The number of hydrogen-bond donors (Lipinski definition) is 1. The lowest BCUT2D eigenvalue weighted by Crippen LogP contribution is -2.20. The lowest BCUT2D eigenvalue weighted by Gasteiger charge is -2.11. The van der Waals surface area contributed by atoms with E-state index in [4.69, 9.17) is 9.47 Å². The van der Waals surface area contributed by atoms with Crippen molar-refractivity contribution in [1.82, 2.24) is 20.2 Å². The average molecular weight is 629 g/mol. The van der Waals surface area contributed by atoms with Crippen LogP contribution in [0.15, 0.2) is 118 Å². The highest BCUT2D eigenvalue weighted by Gasteiger charge is 2.17. The van der Waals surface area contributed by atoms with Crippen molar-refractivity contribution < 1.29 is 14.3 Å². The van der Waals surface area contributed by atoms with Crippen LogP contribution >= 0.6 is 27.7 Å². The minimum Gasteiger partial charge on any atom is -0.497 e. The first-order chi connectivity index (χ1) is 20.1. The molecule has 0 aliphatic heterocycles. The molecule has 8 nitrogen and oxygen atoms in total. The number of benzene rings is 4. The summed E-state index contributed by atoms with van der Waals surface area (Å²) in [4.78, 5) is 12.7. The van der Waals surface area contributed by atoms with Gasteiger partial charge in [-0.05, 0) is 48.0 Å². The van der Waals surface area contributed by atoms with Crippen molar-refractivity contribution in [2.75, 3.05) is 12.9 Å². The molecule has 0 bridgehead atoms. The van der Waals surface area contributed by atoms with Crippen LogP contribution in [0.3, 0.4) is 0 Å². The first kappa shape index (κ1) is 28.1. The lowest BCUT2D eigenvalue weighted by molar-refractivity contribution is -0.118. The molecule has 0 aliphatic carbocycles. The number of para-hydroxylation sites is 1. The number of halogens is 1. The summed E-state index contributed by atoms with van der Waals surface area (Å²) >= 11 is 4.76. The van der Waals surface area contributed by atoms with E-state index in [9.17, 15) is 4.79 Å². The van der Waals surface area contributed by atoms with Gasteiger partial charge in [-0.15, -0.1) is 10.2 Å². The SMILES string of the molecule is COc1ccc(OCc2cccc(Br)c2)c(/C=N\NC(=O)CSc2nnc(-c3ccccc3)n2-c2ccccc2)c1. The van der Waals surface area contributed by atoms with Crippen LogP contribution in [0, 0.1) is 0 Å². The van der Waals surface area contributed by atoms with E-state index in [1.54, 1.807) is 19.4 Å². The quantitative estimate of drug-likeness (QED) is 0.102. The maximum atomic E-state index is 12.7. The third-order valence-electron chi connectivity index (χ3n) is 5.91. The molecule has 5 rings (SSSR count). The molecular formula is C31H26BrN5O3S. The Bertz CT molecular complexity index is 1640. The number of amides is 1. The van der Waals surface area contributed by atoms with Crippen LogP contribution in [0.25, 0.3) is 17.1 Å². The standard InChI is InChI=1S/C31H26BrN5O3S/c1-39-27-15-16-28(40-20-22-9-8-12-25(32)17-22)24(18-27)19-33-34-29(38)21-41-31-36-35-30(23-10-4-2-5-11-23)37(31)26-13-6-3-7-14-26/h2-19H,20-21H2,1H3,(H,34,38)/b33-19-. The van der Waals surface area contributed by atoms with Gasteiger partial charge in [-0.1, -0.05) is 88.4 Å². The number of hydrogen-bond acceptors (Lipinski definition) is 7. The maximum absolute atomic E-state index is 12.7. The molecular weight excluding hydrogens is 602 g/mol. The van der Waals surface area contributed by atoms with Crippen molar-refractivity contribution in [2.45, 2.75) is 11.8 Å². The van der Waals surface area contributed by atoms with Gasteiger partial charge in [0, 0.05) is 21.3 Å². The number of nitrogens with one attached hydrogen (secondary N) is 1. The normalized spacial score (nSPS) is 11.0. The number of carbonyl (C=O) groups excluding carboxylic acids is 1. The van der Waals surface area contributed by atoms with E-state index in [0.29, 0.717) is 34.7 Å². The molecule has 206 valence electrons. The molecule has 5 aromatic rings. The number of rotatable bonds is 11. The van der Waals surface area contributed by atoms with Gasteiger partial charge in [-0.3, -0.25) is 9.36 Å². The van der Waals surface area contributed by atoms with Gasteiger partial charge < -0.3 is 9.47 Å². The Kier molecular flexibility index (Phi) is 9.45. The lowest BCUT2D eigenvalue weighted by atomic mass is 10.2. The van der Waals surface area contributed by atoms with Crippen LogP contribution in [0.4, 0.5) is 0 Å². The second kappa shape index (κ2) is 13.8. The van der Waals surface area contributed by atoms with E-state index in [2.05, 4.69) is 36.7 Å². The van der Waals surface area contributed by atoms with Gasteiger partial charge in [0.1, 0.15) is 18.1 Å². The zero-order valence-electron chi connectivity index (χ0n) is 22.1. The van der Waals surface area contributed by atoms with Crippen molar-refractivity contribution in [3.05, 3.63) is 119 Å². The van der Waals surface area contributed by atoms with Crippen molar-refractivity contribution in [3.63, 3.8) is 0 Å². The van der Waals surface area contributed by atoms with Gasteiger partial charge in [0.15, 0.2) is 11.0 Å². The molecule has 0 aliphatic rings. The number of aromatic nitrogens is 3. The molecule has 41 heavy (non-hydrogen) atoms. The molecule has 0 saturated carbocycles. The van der Waals surface area contributed by atoms with Crippen LogP contribution in [0.1, 0.15) is 11.1 Å². The first-order valence-electron chi connectivity index (χ1n) is 12.7. The Morgan fingerprint density at radius 3 is 2.51 bits per heavy atom. The minimum atomic E-state index is -0.283. The monoisotopic (exact) mass is 627 g/mol. The number of ether oxygens (including phenoxy) is 2. The zero-order valence-corrected chi connectivity index (χ0v) is 24.5. The molecule has 0 spiro atoms. The molecule has 0 radical (unpaired) electrons. The summed E-state index contributed by atoms with van der Waals surface area (Å²) in [5, 5.41) is 13.6. The highest BCUT2D eigenvalue weighted by molar-refractivity contribution is 9.10. The molecule has 0 saturated heterocycles. The largest absolute Gasteiger partial charge is 0.497 e. The fourth-order valence-corrected chi connectivity index (χ4v) is 5.15. The van der Waals surface area contributed by atoms with E-state index in [1.165, 1.54) is 11.8 Å². The average Bonchev–Trinajstić information content (AvgIpc) is 3.44. The molecule has 0 unspecified atom stereocenters. The summed E-state index contributed by atoms with van der Waals surface area (Å²) in [5.41, 5.74) is 6.12. The number of methoxy groups -OCH3 is 1. The molecule has 10 heteroatoms. The Labute approximate surface area is 250 Å². The summed E-state index contributed by atoms with van der Waals surface area (Å²) in [7, 11) is 1.59. The van der Waals surface area contributed by atoms with Gasteiger partial charge in [-0.2, -0.15) is 5.10 Å². The fourth-order valence-electron chi connectivity index (χ4n) is 3.96. The van der Waals surface area contributed by atoms with Crippen molar-refractivity contribution in [3.8, 4) is 28.6 Å². The summed E-state index contributed by atoms with van der Waals surface area (Å²) in [6.07, 6.45) is 1.54. The molecule has 1 amide bonds. The third-order valence-corrected chi connectivity index (χ3v) is 7.33. The molecule has 1 aromatic heterocycles. The zero-order chi connectivity index (χ0) is 28.4. The third kappa shape index (κ3) is 7.41. The van der Waals surface area contributed by atoms with Crippen LogP contribution in [0.2, 0.25) is 0 Å². The maximum Gasteiger partial charge on any atom is 0.250 e. The highest BCUT2D eigenvalue weighted by Crippen LogP contribution is 2.28. The predicted octanol–water partition coefficient (Wildman–Crippen LogP) is 6.53. The molecule has 4 aromatic carbocycles. The van der Waals surface area contributed by atoms with E-state index in [1.807, 2.05) is 102 Å². The smallest absolute Gasteiger partial charge is 0.250 e. The fraction of sp³-hybridized carbons (Fsp3) is 0.0968.